The van der Waals surface area contributed by atoms with Gasteiger partial charge in [0.05, 0.1) is 37.3 Å². The van der Waals surface area contributed by atoms with E-state index in [9.17, 15) is 8.42 Å². The molecule has 0 spiro atoms. The predicted molar refractivity (Wildman–Crippen MR) is 42.8 cm³/mol. The first-order valence-electron chi connectivity index (χ1n) is 3.50. The number of aliphatic hydroxyl groups excluding tert-OH is 2. The molecule has 0 radical (unpaired) electrons. The number of rotatable bonds is 7. The zero-order valence-corrected chi connectivity index (χ0v) is 8.03. The van der Waals surface area contributed by atoms with Crippen LogP contribution in [0, 0.1) is 0 Å². The average Bonchev–Trinajstić information content (AvgIpc) is 2.02. The standard InChI is InChI=1S/C5H13NO6S/c1-13(9,10)6(11-4-2-7)12-5-3-8/h7-8H,2-5H2,1H3. The summed E-state index contributed by atoms with van der Waals surface area (Å²) >= 11 is 0. The first-order valence-corrected chi connectivity index (χ1v) is 5.35. The monoisotopic (exact) mass is 215 g/mol. The Labute approximate surface area is 76.4 Å². The highest BCUT2D eigenvalue weighted by Crippen LogP contribution is 1.99. The summed E-state index contributed by atoms with van der Waals surface area (Å²) in [6.45, 7) is -1.04. The second kappa shape index (κ2) is 6.24. The van der Waals surface area contributed by atoms with Crippen molar-refractivity contribution in [1.82, 2.24) is 4.63 Å². The molecule has 0 bridgehead atoms. The molecule has 2 N–H and O–H groups in total. The molecule has 0 rings (SSSR count). The summed E-state index contributed by atoms with van der Waals surface area (Å²) in [4.78, 5) is 9.04. The molecule has 0 saturated heterocycles. The highest BCUT2D eigenvalue weighted by Gasteiger charge is 2.18. The van der Waals surface area contributed by atoms with E-state index in [-0.39, 0.29) is 31.1 Å². The first-order chi connectivity index (χ1) is 6.02. The summed E-state index contributed by atoms with van der Waals surface area (Å²) in [6, 6.07) is 0. The smallest absolute Gasteiger partial charge is 0.256 e. The van der Waals surface area contributed by atoms with Crippen LogP contribution in [0.25, 0.3) is 0 Å². The van der Waals surface area contributed by atoms with Crippen LogP contribution < -0.4 is 0 Å². The molecule has 0 amide bonds. The van der Waals surface area contributed by atoms with E-state index in [4.69, 9.17) is 10.2 Å². The molecule has 0 aliphatic carbocycles. The molecule has 8 heteroatoms. The Morgan fingerprint density at radius 1 is 1.15 bits per heavy atom. The Morgan fingerprint density at radius 3 is 1.77 bits per heavy atom. The van der Waals surface area contributed by atoms with Gasteiger partial charge in [0.2, 0.25) is 0 Å². The molecule has 0 aliphatic rings. The van der Waals surface area contributed by atoms with Gasteiger partial charge < -0.3 is 10.2 Å². The van der Waals surface area contributed by atoms with Gasteiger partial charge in [-0.25, -0.2) is 8.42 Å². The molecule has 0 heterocycles. The number of aliphatic hydroxyl groups is 2. The second-order valence-electron chi connectivity index (χ2n) is 2.07. The minimum atomic E-state index is -3.64. The third kappa shape index (κ3) is 5.91. The Hall–Kier alpha value is -0.250. The molecule has 0 aliphatic heterocycles. The van der Waals surface area contributed by atoms with Crippen LogP contribution >= 0.6 is 0 Å². The van der Waals surface area contributed by atoms with Crippen LogP contribution in [0.3, 0.4) is 0 Å². The van der Waals surface area contributed by atoms with Gasteiger partial charge in [0.25, 0.3) is 10.0 Å². The minimum Gasteiger partial charge on any atom is -0.394 e. The van der Waals surface area contributed by atoms with Crippen LogP contribution in [0.15, 0.2) is 0 Å². The van der Waals surface area contributed by atoms with Gasteiger partial charge in [0, 0.05) is 0 Å². The van der Waals surface area contributed by atoms with Crippen LogP contribution in [0.2, 0.25) is 0 Å². The lowest BCUT2D eigenvalue weighted by Gasteiger charge is -2.16. The van der Waals surface area contributed by atoms with Gasteiger partial charge in [0.15, 0.2) is 0 Å². The van der Waals surface area contributed by atoms with E-state index >= 15 is 0 Å². The van der Waals surface area contributed by atoms with Crippen LogP contribution in [0.5, 0.6) is 0 Å². The highest BCUT2D eigenvalue weighted by molar-refractivity contribution is 7.88. The minimum absolute atomic E-state index is 0.196. The Balaban J connectivity index is 4.04. The molecule has 0 fully saturated rings. The fraction of sp³-hybridized carbons (Fsp3) is 1.00. The third-order valence-corrected chi connectivity index (χ3v) is 1.60. The van der Waals surface area contributed by atoms with Gasteiger partial charge in [-0.05, 0) is 0 Å². The van der Waals surface area contributed by atoms with Gasteiger partial charge in [-0.1, -0.05) is 0 Å². The van der Waals surface area contributed by atoms with E-state index in [2.05, 4.69) is 9.68 Å². The fourth-order valence-electron chi connectivity index (χ4n) is 0.459. The van der Waals surface area contributed by atoms with Crippen molar-refractivity contribution in [2.45, 2.75) is 0 Å². The van der Waals surface area contributed by atoms with Crippen molar-refractivity contribution in [3.63, 3.8) is 0 Å². The van der Waals surface area contributed by atoms with Gasteiger partial charge in [-0.15, -0.1) is 0 Å². The van der Waals surface area contributed by atoms with Crippen molar-refractivity contribution in [2.75, 3.05) is 32.7 Å². The maximum Gasteiger partial charge on any atom is 0.256 e. The Bertz CT molecular complexity index is 207. The lowest BCUT2D eigenvalue weighted by atomic mass is 10.8. The number of nitrogens with zero attached hydrogens (tertiary/aromatic N) is 1. The first kappa shape index (κ1) is 12.8. The summed E-state index contributed by atoms with van der Waals surface area (Å²) in [7, 11) is -3.64. The van der Waals surface area contributed by atoms with E-state index in [0.717, 1.165) is 6.26 Å². The topological polar surface area (TPSA) is 96.3 Å². The Morgan fingerprint density at radius 2 is 1.54 bits per heavy atom. The van der Waals surface area contributed by atoms with E-state index < -0.39 is 10.0 Å². The summed E-state index contributed by atoms with van der Waals surface area (Å²) in [6.07, 6.45) is 0.877. The largest absolute Gasteiger partial charge is 0.394 e. The normalized spacial score (nSPS) is 12.3. The zero-order chi connectivity index (χ0) is 10.3. The van der Waals surface area contributed by atoms with Crippen molar-refractivity contribution in [3.05, 3.63) is 0 Å². The van der Waals surface area contributed by atoms with Gasteiger partial charge in [-0.3, -0.25) is 9.68 Å². The maximum atomic E-state index is 10.9. The van der Waals surface area contributed by atoms with Crippen LogP contribution in [-0.4, -0.2) is 55.9 Å². The van der Waals surface area contributed by atoms with Crippen molar-refractivity contribution >= 4 is 10.0 Å². The Kier molecular flexibility index (Phi) is 6.12. The SMILES string of the molecule is CS(=O)(=O)N(OCCO)OCCO. The molecule has 0 aromatic heterocycles. The number of sulfonamides is 1. The van der Waals surface area contributed by atoms with Crippen LogP contribution in [0.4, 0.5) is 0 Å². The third-order valence-electron chi connectivity index (χ3n) is 0.847. The van der Waals surface area contributed by atoms with Gasteiger partial charge in [-0.2, -0.15) is 0 Å². The molecule has 0 atom stereocenters. The average molecular weight is 215 g/mol. The molecule has 7 nitrogen and oxygen atoms in total. The van der Waals surface area contributed by atoms with E-state index in [1.165, 1.54) is 0 Å². The molecule has 13 heavy (non-hydrogen) atoms. The van der Waals surface area contributed by atoms with E-state index in [1.54, 1.807) is 0 Å². The summed E-state index contributed by atoms with van der Waals surface area (Å²) in [5, 5.41) is 16.7. The molecule has 0 aromatic carbocycles. The van der Waals surface area contributed by atoms with Crippen LogP contribution in [0.1, 0.15) is 0 Å². The van der Waals surface area contributed by atoms with E-state index in [0.29, 0.717) is 0 Å². The van der Waals surface area contributed by atoms with Crippen molar-refractivity contribution in [1.29, 1.82) is 0 Å². The molecular formula is C5H13NO6S. The quantitative estimate of drug-likeness (QED) is 0.481. The lowest BCUT2D eigenvalue weighted by molar-refractivity contribution is -0.305. The molecule has 0 unspecified atom stereocenters. The zero-order valence-electron chi connectivity index (χ0n) is 7.21. The van der Waals surface area contributed by atoms with E-state index in [1.807, 2.05) is 0 Å². The van der Waals surface area contributed by atoms with Crippen molar-refractivity contribution < 1.29 is 28.3 Å². The van der Waals surface area contributed by atoms with Crippen molar-refractivity contribution in [2.24, 2.45) is 0 Å². The van der Waals surface area contributed by atoms with Gasteiger partial charge >= 0.3 is 0 Å². The van der Waals surface area contributed by atoms with Crippen LogP contribution in [-0.2, 0) is 19.7 Å². The molecule has 0 saturated carbocycles. The van der Waals surface area contributed by atoms with Gasteiger partial charge in [0.1, 0.15) is 0 Å². The number of hydrogen-bond acceptors (Lipinski definition) is 6. The molecule has 80 valence electrons. The fourth-order valence-corrected chi connectivity index (χ4v) is 0.991. The molecular weight excluding hydrogens is 202 g/mol. The number of hydrogen-bond donors (Lipinski definition) is 2. The molecule has 0 aromatic rings. The summed E-state index contributed by atoms with van der Waals surface area (Å²) in [5.74, 6) is 0. The predicted octanol–water partition coefficient (Wildman–Crippen LogP) is -1.90. The lowest BCUT2D eigenvalue weighted by Crippen LogP contribution is -2.32. The van der Waals surface area contributed by atoms with Crippen molar-refractivity contribution in [3.8, 4) is 0 Å². The second-order valence-corrected chi connectivity index (χ2v) is 3.83. The maximum absolute atomic E-state index is 10.9. The summed E-state index contributed by atoms with van der Waals surface area (Å²) in [5.41, 5.74) is 0. The highest BCUT2D eigenvalue weighted by atomic mass is 32.2. The summed E-state index contributed by atoms with van der Waals surface area (Å²) < 4.78 is 22.0.